The molecule has 0 radical (unpaired) electrons. The second-order valence-corrected chi connectivity index (χ2v) is 11.6. The highest BCUT2D eigenvalue weighted by Gasteiger charge is 2.51. The number of amides is 1. The summed E-state index contributed by atoms with van der Waals surface area (Å²) in [7, 11) is -3.26. The first-order chi connectivity index (χ1) is 16.0. The summed E-state index contributed by atoms with van der Waals surface area (Å²) >= 11 is 7.40. The van der Waals surface area contributed by atoms with Crippen molar-refractivity contribution in [2.24, 2.45) is 5.92 Å². The molecule has 1 unspecified atom stereocenters. The van der Waals surface area contributed by atoms with Crippen LogP contribution in [0.25, 0.3) is 0 Å². The van der Waals surface area contributed by atoms with E-state index in [0.717, 1.165) is 44.1 Å². The molecule has 11 nitrogen and oxygen atoms in total. The second kappa shape index (κ2) is 14.1. The standard InChI is InChI=1S/C20H38ClN2O9PS/c1-11(21)14(17-15(24)16(25)18(20(31-17)34-3)32-33(27,28)29)23-19(26)13-7-6-12(8-9-22-13)5-4-10-30-2/h11-18,20,22,24-25H,4-10H2,1-3H3,(H,23,26)(H2,27,28,29)/t11-,12-,13-,14+,15+,16-,17?,18+,20+/m0/s1. The summed E-state index contributed by atoms with van der Waals surface area (Å²) in [6, 6.07) is -1.30. The van der Waals surface area contributed by atoms with Crippen LogP contribution in [0.2, 0.25) is 0 Å². The first-order valence-corrected chi connectivity index (χ1v) is 14.7. The lowest BCUT2D eigenvalue weighted by Gasteiger charge is -2.45. The summed E-state index contributed by atoms with van der Waals surface area (Å²) in [6.45, 7) is 3.05. The average molecular weight is 549 g/mol. The van der Waals surface area contributed by atoms with Gasteiger partial charge in [0.15, 0.2) is 0 Å². The third-order valence-corrected chi connectivity index (χ3v) is 7.95. The van der Waals surface area contributed by atoms with Crippen LogP contribution in [0.15, 0.2) is 0 Å². The number of ether oxygens (including phenoxy) is 2. The minimum absolute atomic E-state index is 0.283. The Kier molecular flexibility index (Phi) is 12.5. The third kappa shape index (κ3) is 8.85. The van der Waals surface area contributed by atoms with Crippen LogP contribution in [0.1, 0.15) is 39.0 Å². The predicted octanol–water partition coefficient (Wildman–Crippen LogP) is 0.571. The van der Waals surface area contributed by atoms with E-state index in [-0.39, 0.29) is 5.91 Å². The third-order valence-electron chi connectivity index (χ3n) is 6.32. The van der Waals surface area contributed by atoms with Gasteiger partial charge in [-0.05, 0) is 57.7 Å². The molecule has 0 bridgehead atoms. The Balaban J connectivity index is 2.05. The Bertz CT molecular complexity index is 686. The number of aliphatic hydroxyl groups excluding tert-OH is 2. The topological polar surface area (TPSA) is 167 Å². The zero-order valence-electron chi connectivity index (χ0n) is 19.7. The van der Waals surface area contributed by atoms with Crippen molar-refractivity contribution in [2.45, 2.75) is 86.3 Å². The number of alkyl halides is 1. The molecule has 2 aliphatic rings. The minimum atomic E-state index is -4.95. The number of aliphatic hydroxyl groups is 2. The Hall–Kier alpha value is 0.0200. The highest BCUT2D eigenvalue weighted by Crippen LogP contribution is 2.43. The molecule has 0 aromatic rings. The number of thioether (sulfide) groups is 1. The van der Waals surface area contributed by atoms with E-state index < -0.39 is 55.1 Å². The number of phosphoric acid groups is 1. The van der Waals surface area contributed by atoms with E-state index in [9.17, 15) is 19.6 Å². The fraction of sp³-hybridized carbons (Fsp3) is 0.950. The molecule has 14 heteroatoms. The maximum atomic E-state index is 13.1. The van der Waals surface area contributed by atoms with Gasteiger partial charge in [-0.2, -0.15) is 0 Å². The number of carbonyl (C=O) groups is 1. The maximum Gasteiger partial charge on any atom is 0.470 e. The van der Waals surface area contributed by atoms with E-state index in [1.807, 2.05) is 0 Å². The smallest absolute Gasteiger partial charge is 0.388 e. The van der Waals surface area contributed by atoms with Crippen LogP contribution in [0.4, 0.5) is 0 Å². The van der Waals surface area contributed by atoms with Crippen molar-refractivity contribution in [2.75, 3.05) is 26.5 Å². The van der Waals surface area contributed by atoms with Crippen LogP contribution in [0.5, 0.6) is 0 Å². The van der Waals surface area contributed by atoms with Gasteiger partial charge in [0, 0.05) is 13.7 Å². The first-order valence-electron chi connectivity index (χ1n) is 11.4. The molecule has 0 aromatic heterocycles. The summed E-state index contributed by atoms with van der Waals surface area (Å²) in [5, 5.41) is 26.7. The van der Waals surface area contributed by atoms with E-state index in [2.05, 4.69) is 15.2 Å². The van der Waals surface area contributed by atoms with E-state index in [1.54, 1.807) is 20.3 Å². The van der Waals surface area contributed by atoms with Gasteiger partial charge >= 0.3 is 7.82 Å². The summed E-state index contributed by atoms with van der Waals surface area (Å²) in [5.41, 5.74) is -1.00. The molecule has 2 heterocycles. The maximum absolute atomic E-state index is 13.1. The molecule has 200 valence electrons. The molecule has 2 fully saturated rings. The van der Waals surface area contributed by atoms with Gasteiger partial charge in [-0.25, -0.2) is 4.57 Å². The Labute approximate surface area is 209 Å². The Morgan fingerprint density at radius 1 is 1.29 bits per heavy atom. The van der Waals surface area contributed by atoms with Gasteiger partial charge in [0.2, 0.25) is 5.91 Å². The van der Waals surface area contributed by atoms with Crippen molar-refractivity contribution in [3.05, 3.63) is 0 Å². The number of rotatable bonds is 11. The number of phosphoric ester groups is 1. The zero-order valence-corrected chi connectivity index (χ0v) is 22.2. The highest BCUT2D eigenvalue weighted by molar-refractivity contribution is 7.99. The molecular formula is C20H38ClN2O9PS. The molecule has 34 heavy (non-hydrogen) atoms. The van der Waals surface area contributed by atoms with Gasteiger partial charge in [0.05, 0.1) is 17.5 Å². The number of hydrogen-bond acceptors (Lipinski definition) is 9. The molecule has 0 spiro atoms. The van der Waals surface area contributed by atoms with E-state index in [1.165, 1.54) is 0 Å². The molecule has 0 aliphatic carbocycles. The largest absolute Gasteiger partial charge is 0.470 e. The minimum Gasteiger partial charge on any atom is -0.388 e. The van der Waals surface area contributed by atoms with Crippen LogP contribution in [0, 0.1) is 5.92 Å². The molecule has 1 amide bonds. The summed E-state index contributed by atoms with van der Waals surface area (Å²) in [5.74, 6) is 0.227. The highest BCUT2D eigenvalue weighted by atomic mass is 35.5. The first kappa shape index (κ1) is 30.2. The van der Waals surface area contributed by atoms with Crippen LogP contribution >= 0.6 is 31.2 Å². The number of nitrogens with one attached hydrogen (secondary N) is 2. The van der Waals surface area contributed by atoms with E-state index in [0.29, 0.717) is 18.9 Å². The normalized spacial score (nSPS) is 34.8. The average Bonchev–Trinajstić information content (AvgIpc) is 3.01. The molecule has 0 saturated carbocycles. The van der Waals surface area contributed by atoms with Crippen molar-refractivity contribution in [3.63, 3.8) is 0 Å². The van der Waals surface area contributed by atoms with Crippen molar-refractivity contribution >= 4 is 37.1 Å². The monoisotopic (exact) mass is 548 g/mol. The lowest BCUT2D eigenvalue weighted by atomic mass is 9.92. The van der Waals surface area contributed by atoms with Crippen molar-refractivity contribution in [1.82, 2.24) is 10.6 Å². The lowest BCUT2D eigenvalue weighted by Crippen LogP contribution is -2.65. The van der Waals surface area contributed by atoms with Gasteiger partial charge in [0.1, 0.15) is 29.9 Å². The fourth-order valence-electron chi connectivity index (χ4n) is 4.48. The van der Waals surface area contributed by atoms with Gasteiger partial charge in [-0.15, -0.1) is 23.4 Å². The van der Waals surface area contributed by atoms with Crippen LogP contribution < -0.4 is 10.6 Å². The molecule has 2 saturated heterocycles. The molecule has 0 aromatic carbocycles. The van der Waals surface area contributed by atoms with Gasteiger partial charge in [-0.1, -0.05) is 0 Å². The zero-order chi connectivity index (χ0) is 25.5. The van der Waals surface area contributed by atoms with Gasteiger partial charge in [-0.3, -0.25) is 9.32 Å². The lowest BCUT2D eigenvalue weighted by molar-refractivity contribution is -0.201. The number of hydrogen-bond donors (Lipinski definition) is 6. The summed E-state index contributed by atoms with van der Waals surface area (Å²) in [4.78, 5) is 31.4. The molecule has 9 atom stereocenters. The van der Waals surface area contributed by atoms with Crippen LogP contribution in [-0.4, -0.2) is 99.7 Å². The van der Waals surface area contributed by atoms with Crippen LogP contribution in [0.3, 0.4) is 0 Å². The number of methoxy groups -OCH3 is 1. The SMILES string of the molecule is COCCC[C@@H]1CCN[C@H](C(=O)N[C@@H](C2O[C@H](SC)[C@H](OP(=O)(O)O)[C@@H](O)[C@H]2O)[C@H](C)Cl)CC1. The predicted molar refractivity (Wildman–Crippen MR) is 129 cm³/mol. The quantitative estimate of drug-likeness (QED) is 0.121. The molecule has 2 aliphatic heterocycles. The van der Waals surface area contributed by atoms with Gasteiger partial charge < -0.3 is 40.1 Å². The Morgan fingerprint density at radius 2 is 2.00 bits per heavy atom. The summed E-state index contributed by atoms with van der Waals surface area (Å²) < 4.78 is 26.9. The number of carbonyl (C=O) groups excluding carboxylic acids is 1. The number of halogens is 1. The van der Waals surface area contributed by atoms with Crippen molar-refractivity contribution < 1.29 is 43.4 Å². The Morgan fingerprint density at radius 3 is 2.59 bits per heavy atom. The fourth-order valence-corrected chi connectivity index (χ4v) is 6.05. The van der Waals surface area contributed by atoms with Crippen molar-refractivity contribution in [3.8, 4) is 0 Å². The molecular weight excluding hydrogens is 511 g/mol. The summed E-state index contributed by atoms with van der Waals surface area (Å²) in [6.07, 6.45) is 0.291. The molecule has 2 rings (SSSR count). The van der Waals surface area contributed by atoms with Crippen molar-refractivity contribution in [1.29, 1.82) is 0 Å². The second-order valence-electron chi connectivity index (χ2n) is 8.83. The van der Waals surface area contributed by atoms with E-state index >= 15 is 0 Å². The van der Waals surface area contributed by atoms with Crippen LogP contribution in [-0.2, 0) is 23.4 Å². The van der Waals surface area contributed by atoms with Gasteiger partial charge in [0.25, 0.3) is 0 Å². The molecule has 6 N–H and O–H groups in total. The van der Waals surface area contributed by atoms with E-state index in [4.69, 9.17) is 30.9 Å².